The zero-order valence-electron chi connectivity index (χ0n) is 20.6. The largest absolute Gasteiger partial charge is 0.489 e. The third kappa shape index (κ3) is 6.41. The number of hydrogen-bond donors (Lipinski definition) is 1. The number of benzene rings is 1. The van der Waals surface area contributed by atoms with Crippen LogP contribution >= 0.6 is 0 Å². The monoisotopic (exact) mass is 514 g/mol. The Bertz CT molecular complexity index is 1260. The van der Waals surface area contributed by atoms with Gasteiger partial charge in [0.2, 0.25) is 0 Å². The summed E-state index contributed by atoms with van der Waals surface area (Å²) < 4.78 is 39.9. The zero-order chi connectivity index (χ0) is 26.5. The van der Waals surface area contributed by atoms with Crippen LogP contribution in [0.1, 0.15) is 36.9 Å². The molecule has 1 aliphatic carbocycles. The molecule has 37 heavy (non-hydrogen) atoms. The van der Waals surface area contributed by atoms with Gasteiger partial charge in [-0.1, -0.05) is 0 Å². The molecule has 0 bridgehead atoms. The fraction of sp³-hybridized carbons (Fsp3) is 0.385. The predicted molar refractivity (Wildman–Crippen MR) is 128 cm³/mol. The summed E-state index contributed by atoms with van der Waals surface area (Å²) in [6.07, 6.45) is 5.08. The average Bonchev–Trinajstić information content (AvgIpc) is 3.24. The molecule has 1 saturated carbocycles. The Balaban J connectivity index is 1.39. The van der Waals surface area contributed by atoms with Crippen molar-refractivity contribution in [2.45, 2.75) is 44.9 Å². The lowest BCUT2D eigenvalue weighted by Gasteiger charge is -2.27. The number of ether oxygens (including phenoxy) is 2. The molecule has 2 atom stereocenters. The van der Waals surface area contributed by atoms with Gasteiger partial charge in [-0.15, -0.1) is 0 Å². The number of rotatable bonds is 8. The van der Waals surface area contributed by atoms with E-state index in [-0.39, 0.29) is 24.1 Å². The number of nitrogens with zero attached hydrogens (tertiary/aromatic N) is 4. The number of amides is 1. The van der Waals surface area contributed by atoms with Crippen molar-refractivity contribution in [1.82, 2.24) is 19.7 Å². The third-order valence-electron chi connectivity index (χ3n) is 6.41. The number of pyridine rings is 1. The molecule has 2 heterocycles. The second-order valence-electron chi connectivity index (χ2n) is 9.10. The van der Waals surface area contributed by atoms with Crippen LogP contribution in [0.5, 0.6) is 5.75 Å². The molecule has 3 aromatic rings. The van der Waals surface area contributed by atoms with Gasteiger partial charge in [-0.05, 0) is 56.0 Å². The SMILES string of the molecule is CN(Cc1c(-c2ccc(O[C@H]3CCCC(C(=O)O)C3)cn2)cnn1C)C(=O)OCc1cc(F)ccc1F. The summed E-state index contributed by atoms with van der Waals surface area (Å²) in [7, 11) is 3.26. The van der Waals surface area contributed by atoms with Gasteiger partial charge >= 0.3 is 12.1 Å². The number of carboxylic acids is 1. The highest BCUT2D eigenvalue weighted by molar-refractivity contribution is 5.70. The molecule has 1 aromatic carbocycles. The first-order valence-electron chi connectivity index (χ1n) is 11.9. The van der Waals surface area contributed by atoms with Crippen molar-refractivity contribution in [3.8, 4) is 17.0 Å². The Morgan fingerprint density at radius 3 is 2.73 bits per heavy atom. The van der Waals surface area contributed by atoms with Gasteiger partial charge in [-0.2, -0.15) is 5.10 Å². The van der Waals surface area contributed by atoms with E-state index in [0.717, 1.165) is 31.0 Å². The lowest BCUT2D eigenvalue weighted by molar-refractivity contribution is -0.143. The van der Waals surface area contributed by atoms with Crippen molar-refractivity contribution >= 4 is 12.1 Å². The van der Waals surface area contributed by atoms with Crippen LogP contribution in [0.25, 0.3) is 11.3 Å². The number of aromatic nitrogens is 3. The first kappa shape index (κ1) is 26.1. The van der Waals surface area contributed by atoms with Gasteiger partial charge in [0.15, 0.2) is 0 Å². The van der Waals surface area contributed by atoms with Crippen LogP contribution in [0, 0.1) is 17.6 Å². The number of halogens is 2. The normalized spacial score (nSPS) is 17.3. The van der Waals surface area contributed by atoms with E-state index >= 15 is 0 Å². The minimum absolute atomic E-state index is 0.0545. The molecule has 1 N–H and O–H groups in total. The van der Waals surface area contributed by atoms with E-state index in [1.807, 2.05) is 0 Å². The number of carbonyl (C=O) groups is 2. The zero-order valence-corrected chi connectivity index (χ0v) is 20.6. The average molecular weight is 515 g/mol. The van der Waals surface area contributed by atoms with E-state index in [4.69, 9.17) is 9.47 Å². The summed E-state index contributed by atoms with van der Waals surface area (Å²) in [6, 6.07) is 6.51. The molecule has 0 saturated heterocycles. The minimum atomic E-state index is -0.791. The van der Waals surface area contributed by atoms with Crippen LogP contribution in [-0.4, -0.2) is 50.0 Å². The van der Waals surface area contributed by atoms with E-state index in [9.17, 15) is 23.5 Å². The smallest absolute Gasteiger partial charge is 0.410 e. The second kappa shape index (κ2) is 11.4. The topological polar surface area (TPSA) is 107 Å². The van der Waals surface area contributed by atoms with Gasteiger partial charge in [0, 0.05) is 25.2 Å². The predicted octanol–water partition coefficient (Wildman–Crippen LogP) is 4.55. The van der Waals surface area contributed by atoms with Crippen molar-refractivity contribution < 1.29 is 33.0 Å². The molecule has 0 radical (unpaired) electrons. The van der Waals surface area contributed by atoms with Crippen LogP contribution in [0.4, 0.5) is 13.6 Å². The molecule has 1 fully saturated rings. The summed E-state index contributed by atoms with van der Waals surface area (Å²) >= 11 is 0. The summed E-state index contributed by atoms with van der Waals surface area (Å²) in [6.45, 7) is -0.267. The van der Waals surface area contributed by atoms with Crippen LogP contribution < -0.4 is 4.74 Å². The number of aliphatic carboxylic acids is 1. The number of hydrogen-bond acceptors (Lipinski definition) is 6. The van der Waals surface area contributed by atoms with Crippen LogP contribution in [0.15, 0.2) is 42.7 Å². The molecule has 1 aliphatic rings. The molecule has 1 amide bonds. The van der Waals surface area contributed by atoms with Crippen LogP contribution in [0.3, 0.4) is 0 Å². The second-order valence-corrected chi connectivity index (χ2v) is 9.10. The van der Waals surface area contributed by atoms with E-state index < -0.39 is 30.3 Å². The molecule has 4 rings (SSSR count). The maximum atomic E-state index is 13.8. The van der Waals surface area contributed by atoms with Gasteiger partial charge < -0.3 is 19.5 Å². The Morgan fingerprint density at radius 1 is 1.19 bits per heavy atom. The maximum absolute atomic E-state index is 13.8. The Kier molecular flexibility index (Phi) is 8.00. The van der Waals surface area contributed by atoms with Gasteiger partial charge in [0.1, 0.15) is 24.0 Å². The first-order chi connectivity index (χ1) is 17.7. The molecule has 196 valence electrons. The van der Waals surface area contributed by atoms with Gasteiger partial charge in [0.25, 0.3) is 0 Å². The van der Waals surface area contributed by atoms with Crippen molar-refractivity contribution in [3.63, 3.8) is 0 Å². The van der Waals surface area contributed by atoms with Crippen molar-refractivity contribution in [2.24, 2.45) is 13.0 Å². The molecule has 0 aliphatic heterocycles. The van der Waals surface area contributed by atoms with Crippen LogP contribution in [-0.2, 0) is 29.7 Å². The highest BCUT2D eigenvalue weighted by atomic mass is 19.1. The quantitative estimate of drug-likeness (QED) is 0.470. The molecule has 11 heteroatoms. The third-order valence-corrected chi connectivity index (χ3v) is 6.41. The number of aryl methyl sites for hydroxylation is 1. The molecule has 9 nitrogen and oxygen atoms in total. The van der Waals surface area contributed by atoms with Crippen molar-refractivity contribution in [2.75, 3.05) is 7.05 Å². The Morgan fingerprint density at radius 2 is 2.00 bits per heavy atom. The molecule has 0 spiro atoms. The van der Waals surface area contributed by atoms with Gasteiger partial charge in [0.05, 0.1) is 42.3 Å². The molecule has 1 unspecified atom stereocenters. The fourth-order valence-corrected chi connectivity index (χ4v) is 4.34. The lowest BCUT2D eigenvalue weighted by Crippen LogP contribution is -2.29. The molecular weight excluding hydrogens is 486 g/mol. The highest BCUT2D eigenvalue weighted by Gasteiger charge is 2.28. The summed E-state index contributed by atoms with van der Waals surface area (Å²) in [5.74, 6) is -1.90. The molecule has 2 aromatic heterocycles. The summed E-state index contributed by atoms with van der Waals surface area (Å²) in [5, 5.41) is 13.6. The molecular formula is C26H28F2N4O5. The van der Waals surface area contributed by atoms with Gasteiger partial charge in [-0.25, -0.2) is 13.6 Å². The van der Waals surface area contributed by atoms with E-state index in [2.05, 4.69) is 10.1 Å². The number of carbonyl (C=O) groups excluding carboxylic acids is 1. The standard InChI is InChI=1S/C26H28F2N4O5/c1-31(26(35)36-15-17-10-18(27)6-8-22(17)28)14-24-21(13-30-32(24)2)23-9-7-20(12-29-23)37-19-5-3-4-16(11-19)25(33)34/h6-10,12-13,16,19H,3-5,11,14-15H2,1-2H3,(H,33,34)/t16?,19-/m0/s1. The lowest BCUT2D eigenvalue weighted by atomic mass is 9.87. The van der Waals surface area contributed by atoms with E-state index in [1.54, 1.807) is 36.3 Å². The maximum Gasteiger partial charge on any atom is 0.410 e. The van der Waals surface area contributed by atoms with E-state index in [1.165, 1.54) is 11.9 Å². The Hall–Kier alpha value is -4.02. The van der Waals surface area contributed by atoms with Crippen molar-refractivity contribution in [1.29, 1.82) is 0 Å². The van der Waals surface area contributed by atoms with Gasteiger partial charge in [-0.3, -0.25) is 14.5 Å². The minimum Gasteiger partial charge on any atom is -0.489 e. The highest BCUT2D eigenvalue weighted by Crippen LogP contribution is 2.29. The fourth-order valence-electron chi connectivity index (χ4n) is 4.34. The summed E-state index contributed by atoms with van der Waals surface area (Å²) in [5.41, 5.74) is 1.95. The Labute approximate surface area is 212 Å². The number of carboxylic acid groups (broad SMARTS) is 1. The van der Waals surface area contributed by atoms with E-state index in [0.29, 0.717) is 35.5 Å². The first-order valence-corrected chi connectivity index (χ1v) is 11.9. The van der Waals surface area contributed by atoms with Crippen LogP contribution in [0.2, 0.25) is 0 Å². The summed E-state index contributed by atoms with van der Waals surface area (Å²) in [4.78, 5) is 29.6. The van der Waals surface area contributed by atoms with Crippen molar-refractivity contribution in [3.05, 3.63) is 65.6 Å².